The SMILES string of the molecule is COc1cccc(CCC(=O)Nc2nnc(CC(C)C)s2)c1OC. The zero-order valence-corrected chi connectivity index (χ0v) is 15.3. The number of amides is 1. The van der Waals surface area contributed by atoms with Gasteiger partial charge >= 0.3 is 0 Å². The molecule has 130 valence electrons. The number of rotatable bonds is 8. The first kappa shape index (κ1) is 18.2. The first-order valence-corrected chi connectivity index (χ1v) is 8.67. The van der Waals surface area contributed by atoms with Crippen LogP contribution in [0, 0.1) is 5.92 Å². The summed E-state index contributed by atoms with van der Waals surface area (Å²) in [6.45, 7) is 4.25. The van der Waals surface area contributed by atoms with Gasteiger partial charge in [-0.15, -0.1) is 10.2 Å². The number of aromatic nitrogens is 2. The molecular formula is C17H23N3O3S. The molecule has 6 nitrogen and oxygen atoms in total. The highest BCUT2D eigenvalue weighted by atomic mass is 32.1. The molecule has 7 heteroatoms. The second-order valence-electron chi connectivity index (χ2n) is 5.80. The molecule has 0 aliphatic heterocycles. The largest absolute Gasteiger partial charge is 0.493 e. The first-order chi connectivity index (χ1) is 11.5. The Morgan fingerprint density at radius 2 is 2.04 bits per heavy atom. The molecule has 0 saturated heterocycles. The predicted molar refractivity (Wildman–Crippen MR) is 94.9 cm³/mol. The van der Waals surface area contributed by atoms with E-state index in [1.807, 2.05) is 18.2 Å². The number of anilines is 1. The highest BCUT2D eigenvalue weighted by Crippen LogP contribution is 2.31. The molecule has 1 aromatic heterocycles. The van der Waals surface area contributed by atoms with Crippen molar-refractivity contribution in [3.8, 4) is 11.5 Å². The number of methoxy groups -OCH3 is 2. The van der Waals surface area contributed by atoms with Crippen molar-refractivity contribution in [1.29, 1.82) is 0 Å². The molecule has 0 aliphatic rings. The van der Waals surface area contributed by atoms with E-state index in [0.29, 0.717) is 35.4 Å². The van der Waals surface area contributed by atoms with Crippen molar-refractivity contribution < 1.29 is 14.3 Å². The zero-order chi connectivity index (χ0) is 17.5. The van der Waals surface area contributed by atoms with E-state index in [-0.39, 0.29) is 5.91 Å². The lowest BCUT2D eigenvalue weighted by atomic mass is 10.1. The van der Waals surface area contributed by atoms with Crippen LogP contribution in [0.1, 0.15) is 30.8 Å². The zero-order valence-electron chi connectivity index (χ0n) is 14.5. The smallest absolute Gasteiger partial charge is 0.226 e. The lowest BCUT2D eigenvalue weighted by Gasteiger charge is -2.12. The average Bonchev–Trinajstić information content (AvgIpc) is 2.98. The molecule has 0 spiro atoms. The molecule has 2 rings (SSSR count). The lowest BCUT2D eigenvalue weighted by Crippen LogP contribution is -2.12. The summed E-state index contributed by atoms with van der Waals surface area (Å²) in [5, 5.41) is 12.4. The van der Waals surface area contributed by atoms with Gasteiger partial charge in [0.15, 0.2) is 11.5 Å². The number of hydrogen-bond acceptors (Lipinski definition) is 6. The van der Waals surface area contributed by atoms with Gasteiger partial charge in [-0.3, -0.25) is 4.79 Å². The van der Waals surface area contributed by atoms with Crippen LogP contribution < -0.4 is 14.8 Å². The molecule has 2 aromatic rings. The van der Waals surface area contributed by atoms with Gasteiger partial charge in [-0.25, -0.2) is 0 Å². The Balaban J connectivity index is 1.93. The van der Waals surface area contributed by atoms with Crippen LogP contribution in [0.25, 0.3) is 0 Å². The van der Waals surface area contributed by atoms with Crippen molar-refractivity contribution in [2.75, 3.05) is 19.5 Å². The summed E-state index contributed by atoms with van der Waals surface area (Å²) in [6.07, 6.45) is 1.76. The van der Waals surface area contributed by atoms with Crippen LogP contribution in [0.5, 0.6) is 11.5 Å². The third kappa shape index (κ3) is 4.92. The maximum atomic E-state index is 12.1. The number of nitrogens with zero attached hydrogens (tertiary/aromatic N) is 2. The number of hydrogen-bond donors (Lipinski definition) is 1. The van der Waals surface area contributed by atoms with Gasteiger partial charge in [-0.1, -0.05) is 37.3 Å². The fourth-order valence-corrected chi connectivity index (χ4v) is 3.28. The highest BCUT2D eigenvalue weighted by molar-refractivity contribution is 7.15. The monoisotopic (exact) mass is 349 g/mol. The molecular weight excluding hydrogens is 326 g/mol. The number of para-hydroxylation sites is 1. The molecule has 0 unspecified atom stereocenters. The van der Waals surface area contributed by atoms with Gasteiger partial charge in [-0.2, -0.15) is 0 Å². The van der Waals surface area contributed by atoms with E-state index in [1.54, 1.807) is 14.2 Å². The van der Waals surface area contributed by atoms with E-state index in [0.717, 1.165) is 17.0 Å². The quantitative estimate of drug-likeness (QED) is 0.791. The van der Waals surface area contributed by atoms with Gasteiger partial charge in [0.25, 0.3) is 0 Å². The van der Waals surface area contributed by atoms with Crippen LogP contribution in [0.2, 0.25) is 0 Å². The minimum absolute atomic E-state index is 0.0906. The molecule has 0 fully saturated rings. The Morgan fingerprint density at radius 1 is 1.25 bits per heavy atom. The number of aryl methyl sites for hydroxylation is 1. The minimum Gasteiger partial charge on any atom is -0.493 e. The average molecular weight is 349 g/mol. The molecule has 24 heavy (non-hydrogen) atoms. The van der Waals surface area contributed by atoms with Crippen molar-refractivity contribution in [2.45, 2.75) is 33.1 Å². The molecule has 1 heterocycles. The molecule has 1 aromatic carbocycles. The second-order valence-corrected chi connectivity index (χ2v) is 6.86. The van der Waals surface area contributed by atoms with Crippen LogP contribution >= 0.6 is 11.3 Å². The number of nitrogens with one attached hydrogen (secondary N) is 1. The summed E-state index contributed by atoms with van der Waals surface area (Å²) in [7, 11) is 3.19. The topological polar surface area (TPSA) is 73.3 Å². The summed E-state index contributed by atoms with van der Waals surface area (Å²) in [6, 6.07) is 5.65. The van der Waals surface area contributed by atoms with Gasteiger partial charge in [0.1, 0.15) is 5.01 Å². The number of carbonyl (C=O) groups is 1. The van der Waals surface area contributed by atoms with Gasteiger partial charge in [0, 0.05) is 12.8 Å². The lowest BCUT2D eigenvalue weighted by molar-refractivity contribution is -0.116. The second kappa shape index (κ2) is 8.63. The Hall–Kier alpha value is -2.15. The van der Waals surface area contributed by atoms with Crippen LogP contribution in [0.3, 0.4) is 0 Å². The van der Waals surface area contributed by atoms with E-state index in [9.17, 15) is 4.79 Å². The van der Waals surface area contributed by atoms with E-state index < -0.39 is 0 Å². The highest BCUT2D eigenvalue weighted by Gasteiger charge is 2.13. The number of benzene rings is 1. The molecule has 1 N–H and O–H groups in total. The van der Waals surface area contributed by atoms with Crippen LogP contribution in [0.4, 0.5) is 5.13 Å². The fraction of sp³-hybridized carbons (Fsp3) is 0.471. The van der Waals surface area contributed by atoms with Crippen molar-refractivity contribution >= 4 is 22.4 Å². The van der Waals surface area contributed by atoms with Gasteiger partial charge in [-0.05, 0) is 24.0 Å². The predicted octanol–water partition coefficient (Wildman–Crippen LogP) is 3.33. The molecule has 0 radical (unpaired) electrons. The van der Waals surface area contributed by atoms with Crippen molar-refractivity contribution in [2.24, 2.45) is 5.92 Å². The maximum absolute atomic E-state index is 12.1. The first-order valence-electron chi connectivity index (χ1n) is 7.85. The summed E-state index contributed by atoms with van der Waals surface area (Å²) >= 11 is 1.43. The Labute approximate surface area is 146 Å². The molecule has 0 bridgehead atoms. The number of carbonyl (C=O) groups excluding carboxylic acids is 1. The van der Waals surface area contributed by atoms with E-state index in [1.165, 1.54) is 11.3 Å². The van der Waals surface area contributed by atoms with Gasteiger partial charge < -0.3 is 14.8 Å². The standard InChI is InChI=1S/C17H23N3O3S/c1-11(2)10-15-19-20-17(24-15)18-14(21)9-8-12-6-5-7-13(22-3)16(12)23-4/h5-7,11H,8-10H2,1-4H3,(H,18,20,21). The Kier molecular flexibility index (Phi) is 6.54. The van der Waals surface area contributed by atoms with Crippen molar-refractivity contribution in [3.63, 3.8) is 0 Å². The van der Waals surface area contributed by atoms with Crippen LogP contribution in [0.15, 0.2) is 18.2 Å². The minimum atomic E-state index is -0.0906. The summed E-state index contributed by atoms with van der Waals surface area (Å²) in [4.78, 5) is 12.1. The number of ether oxygens (including phenoxy) is 2. The summed E-state index contributed by atoms with van der Waals surface area (Å²) < 4.78 is 10.7. The third-order valence-corrected chi connectivity index (χ3v) is 4.26. The van der Waals surface area contributed by atoms with Crippen molar-refractivity contribution in [3.05, 3.63) is 28.8 Å². The molecule has 0 atom stereocenters. The maximum Gasteiger partial charge on any atom is 0.226 e. The Morgan fingerprint density at radius 3 is 2.71 bits per heavy atom. The molecule has 1 amide bonds. The summed E-state index contributed by atoms with van der Waals surface area (Å²) in [5.41, 5.74) is 0.935. The van der Waals surface area contributed by atoms with E-state index >= 15 is 0 Å². The molecule has 0 saturated carbocycles. The van der Waals surface area contributed by atoms with E-state index in [2.05, 4.69) is 29.4 Å². The van der Waals surface area contributed by atoms with Crippen LogP contribution in [-0.4, -0.2) is 30.3 Å². The van der Waals surface area contributed by atoms with Gasteiger partial charge in [0.05, 0.1) is 14.2 Å². The van der Waals surface area contributed by atoms with E-state index in [4.69, 9.17) is 9.47 Å². The fourth-order valence-electron chi connectivity index (χ4n) is 2.32. The molecule has 0 aliphatic carbocycles. The third-order valence-electron chi connectivity index (χ3n) is 3.40. The Bertz CT molecular complexity index is 685. The van der Waals surface area contributed by atoms with Crippen molar-refractivity contribution in [1.82, 2.24) is 10.2 Å². The summed E-state index contributed by atoms with van der Waals surface area (Å²) in [5.74, 6) is 1.76. The van der Waals surface area contributed by atoms with Gasteiger partial charge in [0.2, 0.25) is 11.0 Å². The van der Waals surface area contributed by atoms with Crippen LogP contribution in [-0.2, 0) is 17.6 Å². The normalized spacial score (nSPS) is 10.7.